The fraction of sp³-hybridized carbons (Fsp3) is 0.389. The maximum atomic E-state index is 12.1. The van der Waals surface area contributed by atoms with Crippen molar-refractivity contribution in [1.29, 1.82) is 0 Å². The molecule has 0 radical (unpaired) electrons. The van der Waals surface area contributed by atoms with Crippen molar-refractivity contribution in [2.75, 3.05) is 0 Å². The molecule has 5 atom stereocenters. The van der Waals surface area contributed by atoms with E-state index in [4.69, 9.17) is 9.15 Å². The van der Waals surface area contributed by atoms with Crippen molar-refractivity contribution < 1.29 is 39.5 Å². The van der Waals surface area contributed by atoms with Crippen molar-refractivity contribution in [3.8, 4) is 40.1 Å². The number of phenols is 4. The van der Waals surface area contributed by atoms with Gasteiger partial charge in [-0.3, -0.25) is 9.59 Å². The number of rotatable bonds is 3. The van der Waals surface area contributed by atoms with Gasteiger partial charge in [0, 0.05) is 23.5 Å². The number of esters is 1. The third-order valence-electron chi connectivity index (χ3n) is 10.3. The second-order valence-electron chi connectivity index (χ2n) is 12.7. The quantitative estimate of drug-likeness (QED) is 0.123. The van der Waals surface area contributed by atoms with Crippen LogP contribution in [0.3, 0.4) is 0 Å². The molecule has 45 heavy (non-hydrogen) atoms. The van der Waals surface area contributed by atoms with E-state index in [1.54, 1.807) is 0 Å². The summed E-state index contributed by atoms with van der Waals surface area (Å²) >= 11 is 0. The van der Waals surface area contributed by atoms with Gasteiger partial charge in [0.1, 0.15) is 23.2 Å². The number of phenolic OH excluding ortho intramolecular Hbond substituents is 4. The molecule has 0 bridgehead atoms. The highest BCUT2D eigenvalue weighted by molar-refractivity contribution is 5.83. The second-order valence-corrected chi connectivity index (χ2v) is 12.7. The van der Waals surface area contributed by atoms with Crippen LogP contribution < -0.4 is 5.43 Å². The minimum atomic E-state index is -0.654. The van der Waals surface area contributed by atoms with E-state index < -0.39 is 16.9 Å². The molecular weight excluding hydrogens is 576 g/mol. The van der Waals surface area contributed by atoms with E-state index in [2.05, 4.69) is 13.0 Å². The van der Waals surface area contributed by atoms with E-state index in [1.165, 1.54) is 60.7 Å². The summed E-state index contributed by atoms with van der Waals surface area (Å²) < 4.78 is 11.3. The third-order valence-corrected chi connectivity index (χ3v) is 10.3. The Labute approximate surface area is 260 Å². The van der Waals surface area contributed by atoms with Crippen molar-refractivity contribution in [2.24, 2.45) is 17.3 Å². The average molecular weight is 615 g/mol. The summed E-state index contributed by atoms with van der Waals surface area (Å²) in [6.07, 6.45) is 7.38. The maximum Gasteiger partial charge on any atom is 0.305 e. The number of aromatic hydroxyl groups is 5. The summed E-state index contributed by atoms with van der Waals surface area (Å²) in [6.45, 7) is 4.24. The molecule has 3 aliphatic rings. The van der Waals surface area contributed by atoms with Crippen LogP contribution in [0.15, 0.2) is 63.8 Å². The highest BCUT2D eigenvalue weighted by Gasteiger charge is 2.56. The first-order valence-corrected chi connectivity index (χ1v) is 15.5. The van der Waals surface area contributed by atoms with Crippen LogP contribution in [0.5, 0.6) is 28.7 Å². The Morgan fingerprint density at radius 2 is 1.67 bits per heavy atom. The van der Waals surface area contributed by atoms with Crippen LogP contribution in [0.25, 0.3) is 22.3 Å². The Bertz CT molecular complexity index is 1830. The molecule has 0 aliphatic heterocycles. The zero-order valence-electron chi connectivity index (χ0n) is 25.3. The fourth-order valence-corrected chi connectivity index (χ4v) is 7.99. The number of ether oxygens (including phenoxy) is 1. The number of carbonyl (C=O) groups excluding carboxylic acids is 1. The molecule has 0 spiro atoms. The molecule has 9 heteroatoms. The van der Waals surface area contributed by atoms with Gasteiger partial charge in [0.25, 0.3) is 0 Å². The predicted molar refractivity (Wildman–Crippen MR) is 167 cm³/mol. The van der Waals surface area contributed by atoms with Gasteiger partial charge in [-0.2, -0.15) is 0 Å². The Kier molecular flexibility index (Phi) is 7.89. The molecule has 0 amide bonds. The van der Waals surface area contributed by atoms with Crippen LogP contribution in [0.4, 0.5) is 0 Å². The smallest absolute Gasteiger partial charge is 0.305 e. The maximum absolute atomic E-state index is 12.1. The lowest BCUT2D eigenvalue weighted by atomic mass is 9.55. The van der Waals surface area contributed by atoms with Gasteiger partial charge in [0.15, 0.2) is 17.3 Å². The van der Waals surface area contributed by atoms with E-state index in [0.29, 0.717) is 29.9 Å². The molecule has 7 rings (SSSR count). The van der Waals surface area contributed by atoms with Crippen molar-refractivity contribution in [2.45, 2.75) is 70.8 Å². The molecule has 3 aromatic carbocycles. The lowest BCUT2D eigenvalue weighted by Gasteiger charge is -2.50. The molecule has 2 fully saturated rings. The highest BCUT2D eigenvalue weighted by Crippen LogP contribution is 2.61. The summed E-state index contributed by atoms with van der Waals surface area (Å²) in [5.41, 5.74) is 2.61. The first kappa shape index (κ1) is 30.4. The van der Waals surface area contributed by atoms with Crippen molar-refractivity contribution in [3.63, 3.8) is 0 Å². The van der Waals surface area contributed by atoms with Crippen LogP contribution >= 0.6 is 0 Å². The minimum Gasteiger partial charge on any atom is -0.508 e. The summed E-state index contributed by atoms with van der Waals surface area (Å²) in [4.78, 5) is 23.9. The van der Waals surface area contributed by atoms with Crippen molar-refractivity contribution in [1.82, 2.24) is 0 Å². The first-order valence-electron chi connectivity index (χ1n) is 15.5. The van der Waals surface area contributed by atoms with E-state index in [9.17, 15) is 35.1 Å². The molecular formula is C36H38O9. The van der Waals surface area contributed by atoms with Gasteiger partial charge in [-0.1, -0.05) is 19.9 Å². The van der Waals surface area contributed by atoms with Crippen LogP contribution in [0, 0.1) is 17.3 Å². The molecule has 5 N–H and O–H groups in total. The summed E-state index contributed by atoms with van der Waals surface area (Å²) in [7, 11) is 0. The normalized spacial score (nSPS) is 24.9. The fourth-order valence-electron chi connectivity index (χ4n) is 7.99. The summed E-state index contributed by atoms with van der Waals surface area (Å²) in [5.74, 6) is 0.716. The van der Waals surface area contributed by atoms with Crippen LogP contribution in [-0.4, -0.2) is 37.6 Å². The molecule has 5 unspecified atom stereocenters. The molecule has 1 aromatic heterocycles. The first-order chi connectivity index (χ1) is 21.5. The van der Waals surface area contributed by atoms with Crippen LogP contribution in [0.2, 0.25) is 0 Å². The average Bonchev–Trinajstić information content (AvgIpc) is 3.35. The standard InChI is InChI=1S/C21H28O3.C15H10O6/c1-3-20(23)24-19-9-8-18-17-6-4-13-12-14(22)5-7-15(13)16(17)10-11-21(18,19)2;16-8-2-3-9-12(6-8)21-15(14(20)13(9)19)7-1-4-10(17)11(18)5-7/h5,7,12,16-19,22H,3-4,6,8-11H2,1-2H3;1-6,16-18,20H. The Morgan fingerprint density at radius 1 is 0.911 bits per heavy atom. The Balaban J connectivity index is 0.000000160. The van der Waals surface area contributed by atoms with E-state index in [-0.39, 0.29) is 51.3 Å². The summed E-state index contributed by atoms with van der Waals surface area (Å²) in [5, 5.41) is 48.1. The molecule has 3 aliphatic carbocycles. The summed E-state index contributed by atoms with van der Waals surface area (Å²) in [6, 6.07) is 13.6. The Morgan fingerprint density at radius 3 is 2.42 bits per heavy atom. The number of hydrogen-bond acceptors (Lipinski definition) is 9. The van der Waals surface area contributed by atoms with Gasteiger partial charge >= 0.3 is 5.97 Å². The van der Waals surface area contributed by atoms with E-state index in [1.807, 2.05) is 19.1 Å². The molecule has 1 heterocycles. The zero-order chi connectivity index (χ0) is 32.0. The van der Waals surface area contributed by atoms with Crippen LogP contribution in [0.1, 0.15) is 69.4 Å². The SMILES string of the molecule is CCC(=O)OC1CCC2C3CCc4cc(O)ccc4C3CCC12C.O=c1c(O)c(-c2ccc(O)c(O)c2)oc2cc(O)ccc12. The van der Waals surface area contributed by atoms with Gasteiger partial charge < -0.3 is 34.7 Å². The molecule has 236 valence electrons. The van der Waals surface area contributed by atoms with Crippen molar-refractivity contribution in [3.05, 3.63) is 75.9 Å². The van der Waals surface area contributed by atoms with Crippen LogP contribution in [-0.2, 0) is 16.0 Å². The number of benzene rings is 3. The molecule has 2 saturated carbocycles. The van der Waals surface area contributed by atoms with Crippen molar-refractivity contribution >= 4 is 16.9 Å². The Hall–Kier alpha value is -4.66. The zero-order valence-corrected chi connectivity index (χ0v) is 25.3. The third kappa shape index (κ3) is 5.45. The van der Waals surface area contributed by atoms with Gasteiger partial charge in [0.05, 0.1) is 5.39 Å². The lowest BCUT2D eigenvalue weighted by Crippen LogP contribution is -2.45. The topological polar surface area (TPSA) is 158 Å². The van der Waals surface area contributed by atoms with E-state index >= 15 is 0 Å². The van der Waals surface area contributed by atoms with E-state index in [0.717, 1.165) is 25.3 Å². The predicted octanol–water partition coefficient (Wildman–Crippen LogP) is 6.85. The van der Waals surface area contributed by atoms with Gasteiger partial charge in [-0.15, -0.1) is 0 Å². The molecule has 0 saturated heterocycles. The highest BCUT2D eigenvalue weighted by atomic mass is 16.5. The number of hydrogen-bond donors (Lipinski definition) is 5. The van der Waals surface area contributed by atoms with Gasteiger partial charge in [0.2, 0.25) is 11.2 Å². The second kappa shape index (κ2) is 11.7. The largest absolute Gasteiger partial charge is 0.508 e. The number of carbonyl (C=O) groups is 1. The number of aryl methyl sites for hydroxylation is 1. The monoisotopic (exact) mass is 614 g/mol. The molecule has 9 nitrogen and oxygen atoms in total. The van der Waals surface area contributed by atoms with Gasteiger partial charge in [-0.25, -0.2) is 0 Å². The lowest BCUT2D eigenvalue weighted by molar-refractivity contribution is -0.157. The molecule has 4 aromatic rings. The minimum absolute atomic E-state index is 0.0477. The van der Waals surface area contributed by atoms with Gasteiger partial charge in [-0.05, 0) is 110 Å². The number of fused-ring (bicyclic) bond motifs is 6.